The van der Waals surface area contributed by atoms with E-state index in [2.05, 4.69) is 19.3 Å². The van der Waals surface area contributed by atoms with Crippen LogP contribution < -0.4 is 11.3 Å². The van der Waals surface area contributed by atoms with Crippen LogP contribution in [0.15, 0.2) is 18.2 Å². The zero-order valence-corrected chi connectivity index (χ0v) is 10.4. The van der Waals surface area contributed by atoms with Crippen molar-refractivity contribution in [2.24, 2.45) is 11.8 Å². The third-order valence-corrected chi connectivity index (χ3v) is 3.44. The lowest BCUT2D eigenvalue weighted by Crippen LogP contribution is -2.41. The first kappa shape index (κ1) is 13.4. The summed E-state index contributed by atoms with van der Waals surface area (Å²) in [7, 11) is 0. The Balaban J connectivity index is 2.82. The van der Waals surface area contributed by atoms with E-state index in [1.54, 1.807) is 6.07 Å². The van der Waals surface area contributed by atoms with E-state index in [1.165, 1.54) is 6.07 Å². The zero-order valence-electron chi connectivity index (χ0n) is 9.63. The molecule has 1 rings (SSSR count). The van der Waals surface area contributed by atoms with Crippen molar-refractivity contribution in [3.8, 4) is 0 Å². The number of hydrogen-bond donors (Lipinski definition) is 2. The van der Waals surface area contributed by atoms with Crippen molar-refractivity contribution in [2.75, 3.05) is 0 Å². The fourth-order valence-corrected chi connectivity index (χ4v) is 1.86. The molecule has 3 N–H and O–H groups in total. The van der Waals surface area contributed by atoms with Gasteiger partial charge in [-0.05, 0) is 24.0 Å². The standard InChI is InChI=1S/C12H18ClFN2/c1-3-8(2)11(16-15)7-9-5-4-6-10(14)12(9)13/h4-6,8,11,16H,3,7,15H2,1-2H3. The number of nitrogens with two attached hydrogens (primary N) is 1. The maximum absolute atomic E-state index is 13.2. The van der Waals surface area contributed by atoms with Crippen LogP contribution in [0.1, 0.15) is 25.8 Å². The van der Waals surface area contributed by atoms with Crippen molar-refractivity contribution >= 4 is 11.6 Å². The summed E-state index contributed by atoms with van der Waals surface area (Å²) in [5.74, 6) is 5.54. The van der Waals surface area contributed by atoms with Gasteiger partial charge in [0.05, 0.1) is 5.02 Å². The predicted molar refractivity (Wildman–Crippen MR) is 65.7 cm³/mol. The number of nitrogens with one attached hydrogen (secondary N) is 1. The Labute approximate surface area is 101 Å². The Morgan fingerprint density at radius 2 is 2.19 bits per heavy atom. The first-order chi connectivity index (χ1) is 7.60. The average molecular weight is 245 g/mol. The van der Waals surface area contributed by atoms with Crippen LogP contribution in [0.2, 0.25) is 5.02 Å². The second kappa shape index (κ2) is 6.18. The lowest BCUT2D eigenvalue weighted by molar-refractivity contribution is 0.369. The maximum atomic E-state index is 13.2. The van der Waals surface area contributed by atoms with E-state index in [9.17, 15) is 4.39 Å². The Bertz CT molecular complexity index is 344. The highest BCUT2D eigenvalue weighted by Crippen LogP contribution is 2.22. The molecular weight excluding hydrogens is 227 g/mol. The second-order valence-corrected chi connectivity index (χ2v) is 4.45. The molecule has 0 aliphatic carbocycles. The topological polar surface area (TPSA) is 38.0 Å². The Morgan fingerprint density at radius 1 is 1.50 bits per heavy atom. The van der Waals surface area contributed by atoms with Crippen LogP contribution in [-0.4, -0.2) is 6.04 Å². The molecular formula is C12H18ClFN2. The van der Waals surface area contributed by atoms with Crippen molar-refractivity contribution in [3.63, 3.8) is 0 Å². The summed E-state index contributed by atoms with van der Waals surface area (Å²) in [4.78, 5) is 0. The lowest BCUT2D eigenvalue weighted by atomic mass is 9.93. The van der Waals surface area contributed by atoms with E-state index in [-0.39, 0.29) is 16.9 Å². The smallest absolute Gasteiger partial charge is 0.142 e. The summed E-state index contributed by atoms with van der Waals surface area (Å²) in [6.45, 7) is 4.21. The first-order valence-corrected chi connectivity index (χ1v) is 5.87. The van der Waals surface area contributed by atoms with Crippen molar-refractivity contribution in [1.29, 1.82) is 0 Å². The fourth-order valence-electron chi connectivity index (χ4n) is 1.65. The molecule has 1 aromatic rings. The molecule has 0 saturated heterocycles. The lowest BCUT2D eigenvalue weighted by Gasteiger charge is -2.22. The van der Waals surface area contributed by atoms with Gasteiger partial charge in [0, 0.05) is 6.04 Å². The third-order valence-electron chi connectivity index (χ3n) is 3.02. The van der Waals surface area contributed by atoms with Crippen LogP contribution in [0.25, 0.3) is 0 Å². The van der Waals surface area contributed by atoms with Crippen LogP contribution in [0.5, 0.6) is 0 Å². The predicted octanol–water partition coefficient (Wildman–Crippen LogP) is 2.90. The summed E-state index contributed by atoms with van der Waals surface area (Å²) < 4.78 is 13.2. The molecule has 2 nitrogen and oxygen atoms in total. The van der Waals surface area contributed by atoms with E-state index in [1.807, 2.05) is 6.07 Å². The number of halogens is 2. The third kappa shape index (κ3) is 3.17. The zero-order chi connectivity index (χ0) is 12.1. The molecule has 0 aliphatic heterocycles. The van der Waals surface area contributed by atoms with Gasteiger partial charge in [-0.1, -0.05) is 44.0 Å². The molecule has 0 bridgehead atoms. The van der Waals surface area contributed by atoms with Gasteiger partial charge in [0.25, 0.3) is 0 Å². The van der Waals surface area contributed by atoms with Crippen molar-refractivity contribution < 1.29 is 4.39 Å². The molecule has 1 aromatic carbocycles. The van der Waals surface area contributed by atoms with Gasteiger partial charge in [0.15, 0.2) is 0 Å². The monoisotopic (exact) mass is 244 g/mol. The fraction of sp³-hybridized carbons (Fsp3) is 0.500. The first-order valence-electron chi connectivity index (χ1n) is 5.49. The molecule has 90 valence electrons. The maximum Gasteiger partial charge on any atom is 0.142 e. The van der Waals surface area contributed by atoms with Crippen molar-refractivity contribution in [3.05, 3.63) is 34.6 Å². The minimum absolute atomic E-state index is 0.115. The van der Waals surface area contributed by atoms with Crippen LogP contribution >= 0.6 is 11.6 Å². The van der Waals surface area contributed by atoms with Gasteiger partial charge in [0.2, 0.25) is 0 Å². The average Bonchev–Trinajstić information content (AvgIpc) is 2.30. The number of hydrogen-bond acceptors (Lipinski definition) is 2. The Hall–Kier alpha value is -0.640. The van der Waals surface area contributed by atoms with Gasteiger partial charge in [-0.15, -0.1) is 0 Å². The summed E-state index contributed by atoms with van der Waals surface area (Å²) >= 11 is 5.90. The molecule has 0 fully saturated rings. The number of rotatable bonds is 5. The quantitative estimate of drug-likeness (QED) is 0.618. The van der Waals surface area contributed by atoms with E-state index in [0.29, 0.717) is 12.3 Å². The molecule has 0 heterocycles. The molecule has 0 aliphatic rings. The van der Waals surface area contributed by atoms with Crippen molar-refractivity contribution in [2.45, 2.75) is 32.7 Å². The van der Waals surface area contributed by atoms with Crippen LogP contribution in [0.3, 0.4) is 0 Å². The summed E-state index contributed by atoms with van der Waals surface area (Å²) in [5.41, 5.74) is 3.56. The molecule has 16 heavy (non-hydrogen) atoms. The van der Waals surface area contributed by atoms with Gasteiger partial charge in [-0.2, -0.15) is 0 Å². The Kier molecular flexibility index (Phi) is 5.19. The van der Waals surface area contributed by atoms with Crippen LogP contribution in [0.4, 0.5) is 4.39 Å². The molecule has 4 heteroatoms. The number of hydrazine groups is 1. The highest BCUT2D eigenvalue weighted by Gasteiger charge is 2.17. The SMILES string of the molecule is CCC(C)C(Cc1cccc(F)c1Cl)NN. The molecule has 0 amide bonds. The van der Waals surface area contributed by atoms with Gasteiger partial charge < -0.3 is 0 Å². The van der Waals surface area contributed by atoms with Crippen LogP contribution in [-0.2, 0) is 6.42 Å². The molecule has 0 radical (unpaired) electrons. The minimum atomic E-state index is -0.376. The number of benzene rings is 1. The normalized spacial score (nSPS) is 14.8. The van der Waals surface area contributed by atoms with E-state index < -0.39 is 0 Å². The van der Waals surface area contributed by atoms with Crippen molar-refractivity contribution in [1.82, 2.24) is 5.43 Å². The van der Waals surface area contributed by atoms with E-state index in [4.69, 9.17) is 17.4 Å². The van der Waals surface area contributed by atoms with E-state index >= 15 is 0 Å². The van der Waals surface area contributed by atoms with E-state index in [0.717, 1.165) is 12.0 Å². The molecule has 0 saturated carbocycles. The van der Waals surface area contributed by atoms with Crippen LogP contribution in [0, 0.1) is 11.7 Å². The minimum Gasteiger partial charge on any atom is -0.271 e. The summed E-state index contributed by atoms with van der Waals surface area (Å²) in [6, 6.07) is 4.98. The highest BCUT2D eigenvalue weighted by molar-refractivity contribution is 6.31. The molecule has 2 atom stereocenters. The van der Waals surface area contributed by atoms with Gasteiger partial charge in [-0.3, -0.25) is 11.3 Å². The van der Waals surface area contributed by atoms with Gasteiger partial charge in [-0.25, -0.2) is 4.39 Å². The second-order valence-electron chi connectivity index (χ2n) is 4.08. The molecule has 2 unspecified atom stereocenters. The molecule has 0 aromatic heterocycles. The Morgan fingerprint density at radius 3 is 2.75 bits per heavy atom. The highest BCUT2D eigenvalue weighted by atomic mass is 35.5. The van der Waals surface area contributed by atoms with Gasteiger partial charge >= 0.3 is 0 Å². The molecule has 0 spiro atoms. The largest absolute Gasteiger partial charge is 0.271 e. The summed E-state index contributed by atoms with van der Waals surface area (Å²) in [5, 5.41) is 0.200. The summed E-state index contributed by atoms with van der Waals surface area (Å²) in [6.07, 6.45) is 1.66. The van der Waals surface area contributed by atoms with Gasteiger partial charge in [0.1, 0.15) is 5.82 Å².